The third-order valence-electron chi connectivity index (χ3n) is 2.77. The van der Waals surface area contributed by atoms with E-state index in [0.717, 1.165) is 11.6 Å². The number of hydrogen-bond donors (Lipinski definition) is 2. The summed E-state index contributed by atoms with van der Waals surface area (Å²) in [6, 6.07) is 0. The van der Waals surface area contributed by atoms with Gasteiger partial charge in [0.15, 0.2) is 5.16 Å². The normalized spacial score (nSPS) is 29.2. The molecule has 2 unspecified atom stereocenters. The third-order valence-corrected chi connectivity index (χ3v) is 3.92. The van der Waals surface area contributed by atoms with Crippen molar-refractivity contribution in [1.29, 1.82) is 0 Å². The van der Waals surface area contributed by atoms with E-state index in [4.69, 9.17) is 10.5 Å². The van der Waals surface area contributed by atoms with Crippen LogP contribution in [0, 0.1) is 0 Å². The SMILES string of the molecule is COC(=O)C1(N)CCC(Sc2ncn[nH]2)C1. The van der Waals surface area contributed by atoms with Gasteiger partial charge in [-0.1, -0.05) is 11.8 Å². The fraction of sp³-hybridized carbons (Fsp3) is 0.667. The summed E-state index contributed by atoms with van der Waals surface area (Å²) < 4.78 is 4.71. The molecule has 1 aliphatic rings. The molecule has 1 fully saturated rings. The number of rotatable bonds is 3. The largest absolute Gasteiger partial charge is 0.468 e. The first-order chi connectivity index (χ1) is 7.64. The lowest BCUT2D eigenvalue weighted by Gasteiger charge is -2.20. The lowest BCUT2D eigenvalue weighted by molar-refractivity contribution is -0.146. The number of esters is 1. The number of aromatic nitrogens is 3. The minimum Gasteiger partial charge on any atom is -0.468 e. The van der Waals surface area contributed by atoms with Crippen molar-refractivity contribution in [2.45, 2.75) is 35.2 Å². The van der Waals surface area contributed by atoms with Crippen molar-refractivity contribution >= 4 is 17.7 Å². The van der Waals surface area contributed by atoms with Gasteiger partial charge in [-0.2, -0.15) is 5.10 Å². The molecule has 0 amide bonds. The second-order valence-corrected chi connectivity index (χ2v) is 5.21. The minimum absolute atomic E-state index is 0.289. The number of aromatic amines is 1. The molecule has 88 valence electrons. The number of nitrogens with zero attached hydrogens (tertiary/aromatic N) is 2. The van der Waals surface area contributed by atoms with Crippen LogP contribution in [0.3, 0.4) is 0 Å². The molecule has 0 bridgehead atoms. The summed E-state index contributed by atoms with van der Waals surface area (Å²) in [5, 5.41) is 7.60. The third kappa shape index (κ3) is 2.19. The van der Waals surface area contributed by atoms with Crippen molar-refractivity contribution < 1.29 is 9.53 Å². The molecule has 0 saturated heterocycles. The maximum absolute atomic E-state index is 11.5. The van der Waals surface area contributed by atoms with Gasteiger partial charge in [0.05, 0.1) is 7.11 Å². The number of H-pyrrole nitrogens is 1. The minimum atomic E-state index is -0.827. The molecule has 1 aromatic heterocycles. The van der Waals surface area contributed by atoms with Gasteiger partial charge in [-0.3, -0.25) is 9.89 Å². The summed E-state index contributed by atoms with van der Waals surface area (Å²) in [6.07, 6.45) is 3.63. The Hall–Kier alpha value is -1.08. The highest BCUT2D eigenvalue weighted by Gasteiger charge is 2.43. The first-order valence-corrected chi connectivity index (χ1v) is 5.91. The van der Waals surface area contributed by atoms with Gasteiger partial charge >= 0.3 is 5.97 Å². The lowest BCUT2D eigenvalue weighted by atomic mass is 10.00. The molecule has 0 aliphatic heterocycles. The Morgan fingerprint density at radius 2 is 2.62 bits per heavy atom. The number of methoxy groups -OCH3 is 1. The van der Waals surface area contributed by atoms with E-state index in [1.165, 1.54) is 13.4 Å². The molecular formula is C9H14N4O2S. The van der Waals surface area contributed by atoms with Crippen LogP contribution < -0.4 is 5.73 Å². The Balaban J connectivity index is 1.95. The van der Waals surface area contributed by atoms with Gasteiger partial charge in [0, 0.05) is 5.25 Å². The van der Waals surface area contributed by atoms with E-state index in [0.29, 0.717) is 12.8 Å². The summed E-state index contributed by atoms with van der Waals surface area (Å²) >= 11 is 1.57. The van der Waals surface area contributed by atoms with E-state index in [1.54, 1.807) is 11.8 Å². The van der Waals surface area contributed by atoms with Crippen LogP contribution in [0.5, 0.6) is 0 Å². The summed E-state index contributed by atoms with van der Waals surface area (Å²) in [7, 11) is 1.37. The second-order valence-electron chi connectivity index (χ2n) is 3.92. The molecule has 1 heterocycles. The summed E-state index contributed by atoms with van der Waals surface area (Å²) in [4.78, 5) is 15.5. The molecule has 7 heteroatoms. The van der Waals surface area contributed by atoms with E-state index >= 15 is 0 Å². The molecule has 0 spiro atoms. The predicted molar refractivity (Wildman–Crippen MR) is 58.8 cm³/mol. The van der Waals surface area contributed by atoms with Crippen LogP contribution in [0.2, 0.25) is 0 Å². The van der Waals surface area contributed by atoms with Crippen molar-refractivity contribution in [2.24, 2.45) is 5.73 Å². The molecule has 2 rings (SSSR count). The number of hydrogen-bond acceptors (Lipinski definition) is 6. The van der Waals surface area contributed by atoms with Crippen LogP contribution in [0.25, 0.3) is 0 Å². The second kappa shape index (κ2) is 4.42. The average molecular weight is 242 g/mol. The van der Waals surface area contributed by atoms with Crippen molar-refractivity contribution in [1.82, 2.24) is 15.2 Å². The van der Waals surface area contributed by atoms with Crippen LogP contribution in [-0.4, -0.2) is 39.0 Å². The molecule has 3 N–H and O–H groups in total. The van der Waals surface area contributed by atoms with E-state index in [9.17, 15) is 4.79 Å². The molecular weight excluding hydrogens is 228 g/mol. The Morgan fingerprint density at radius 1 is 1.81 bits per heavy atom. The van der Waals surface area contributed by atoms with Crippen molar-refractivity contribution in [3.05, 3.63) is 6.33 Å². The smallest absolute Gasteiger partial charge is 0.325 e. The fourth-order valence-corrected chi connectivity index (χ4v) is 3.07. The fourth-order valence-electron chi connectivity index (χ4n) is 1.93. The average Bonchev–Trinajstić information content (AvgIpc) is 2.89. The van der Waals surface area contributed by atoms with Gasteiger partial charge in [-0.25, -0.2) is 4.98 Å². The number of nitrogens with one attached hydrogen (secondary N) is 1. The van der Waals surface area contributed by atoms with Gasteiger partial charge in [0.1, 0.15) is 11.9 Å². The molecule has 2 atom stereocenters. The number of nitrogens with two attached hydrogens (primary N) is 1. The maximum atomic E-state index is 11.5. The zero-order valence-electron chi connectivity index (χ0n) is 8.97. The maximum Gasteiger partial charge on any atom is 0.325 e. The topological polar surface area (TPSA) is 93.9 Å². The molecule has 6 nitrogen and oxygen atoms in total. The van der Waals surface area contributed by atoms with E-state index in [-0.39, 0.29) is 11.2 Å². The first kappa shape index (κ1) is 11.4. The quantitative estimate of drug-likeness (QED) is 0.741. The van der Waals surface area contributed by atoms with Crippen molar-refractivity contribution in [2.75, 3.05) is 7.11 Å². The van der Waals surface area contributed by atoms with Gasteiger partial charge in [0.2, 0.25) is 0 Å². The van der Waals surface area contributed by atoms with Crippen LogP contribution in [-0.2, 0) is 9.53 Å². The summed E-state index contributed by atoms with van der Waals surface area (Å²) in [6.45, 7) is 0. The Labute approximate surface area is 97.3 Å². The molecule has 16 heavy (non-hydrogen) atoms. The van der Waals surface area contributed by atoms with Gasteiger partial charge in [0.25, 0.3) is 0 Å². The van der Waals surface area contributed by atoms with Crippen LogP contribution in [0.15, 0.2) is 11.5 Å². The highest BCUT2D eigenvalue weighted by atomic mass is 32.2. The van der Waals surface area contributed by atoms with E-state index < -0.39 is 5.54 Å². The van der Waals surface area contributed by atoms with Gasteiger partial charge in [-0.05, 0) is 19.3 Å². The number of ether oxygens (including phenoxy) is 1. The molecule has 1 aromatic rings. The Morgan fingerprint density at radius 3 is 3.25 bits per heavy atom. The summed E-state index contributed by atoms with van der Waals surface area (Å²) in [5.74, 6) is -0.326. The number of carbonyl (C=O) groups is 1. The molecule has 0 radical (unpaired) electrons. The van der Waals surface area contributed by atoms with Crippen LogP contribution in [0.4, 0.5) is 0 Å². The summed E-state index contributed by atoms with van der Waals surface area (Å²) in [5.41, 5.74) is 5.17. The Kier molecular flexibility index (Phi) is 3.15. The van der Waals surface area contributed by atoms with Gasteiger partial charge < -0.3 is 10.5 Å². The van der Waals surface area contributed by atoms with Crippen molar-refractivity contribution in [3.8, 4) is 0 Å². The van der Waals surface area contributed by atoms with Crippen LogP contribution >= 0.6 is 11.8 Å². The first-order valence-electron chi connectivity index (χ1n) is 5.03. The number of thioether (sulfide) groups is 1. The Bertz CT molecular complexity index is 370. The monoisotopic (exact) mass is 242 g/mol. The van der Waals surface area contributed by atoms with Gasteiger partial charge in [-0.15, -0.1) is 0 Å². The highest BCUT2D eigenvalue weighted by Crippen LogP contribution is 2.38. The van der Waals surface area contributed by atoms with E-state index in [2.05, 4.69) is 15.2 Å². The lowest BCUT2D eigenvalue weighted by Crippen LogP contribution is -2.46. The molecule has 1 saturated carbocycles. The van der Waals surface area contributed by atoms with E-state index in [1.807, 2.05) is 0 Å². The molecule has 0 aromatic carbocycles. The van der Waals surface area contributed by atoms with Crippen LogP contribution in [0.1, 0.15) is 19.3 Å². The predicted octanol–water partition coefficient (Wildman–Crippen LogP) is 0.320. The zero-order valence-corrected chi connectivity index (χ0v) is 9.79. The highest BCUT2D eigenvalue weighted by molar-refractivity contribution is 7.99. The molecule has 1 aliphatic carbocycles. The number of carbonyl (C=O) groups excluding carboxylic acids is 1. The standard InChI is InChI=1S/C9H14N4O2S/c1-15-7(14)9(10)3-2-6(4-9)16-8-11-5-12-13-8/h5-6H,2-4,10H2,1H3,(H,11,12,13). The zero-order chi connectivity index (χ0) is 11.6. The van der Waals surface area contributed by atoms with Crippen molar-refractivity contribution in [3.63, 3.8) is 0 Å².